The minimum Gasteiger partial charge on any atom is -0.549 e. The Bertz CT molecular complexity index is 151. The number of carboxylic acid groups (broad SMARTS) is 1. The van der Waals surface area contributed by atoms with Gasteiger partial charge in [-0.2, -0.15) is 0 Å². The molecule has 0 aromatic rings. The number of Topliss-reactive ketones (excluding diaryl/α,β-unsaturated/α-hetero) is 1. The van der Waals surface area contributed by atoms with Crippen molar-refractivity contribution in [2.24, 2.45) is 5.92 Å². The lowest BCUT2D eigenvalue weighted by Crippen LogP contribution is -2.36. The van der Waals surface area contributed by atoms with E-state index in [-0.39, 0.29) is 12.2 Å². The second-order valence-electron chi connectivity index (χ2n) is 2.48. The van der Waals surface area contributed by atoms with Gasteiger partial charge < -0.3 is 9.90 Å². The minimum absolute atomic E-state index is 0.230. The highest BCUT2D eigenvalue weighted by Gasteiger charge is 2.15. The summed E-state index contributed by atoms with van der Waals surface area (Å²) in [4.78, 5) is 21.3. The van der Waals surface area contributed by atoms with Crippen LogP contribution < -0.4 is 5.11 Å². The Morgan fingerprint density at radius 2 is 1.91 bits per heavy atom. The molecule has 0 saturated carbocycles. The molecular formula is C8H13O3-. The molecule has 0 fully saturated rings. The summed E-state index contributed by atoms with van der Waals surface area (Å²) in [6.07, 6.45) is 1.37. The molecule has 0 amide bonds. The van der Waals surface area contributed by atoms with Crippen molar-refractivity contribution in [3.05, 3.63) is 0 Å². The first-order valence-electron chi connectivity index (χ1n) is 3.87. The third kappa shape index (κ3) is 3.16. The van der Waals surface area contributed by atoms with Gasteiger partial charge in [0.15, 0.2) is 0 Å². The Hall–Kier alpha value is -0.860. The SMILES string of the molecule is CCCC(C(=O)[O-])C(=O)CC. The van der Waals surface area contributed by atoms with E-state index in [1.54, 1.807) is 6.92 Å². The van der Waals surface area contributed by atoms with Gasteiger partial charge in [-0.15, -0.1) is 0 Å². The molecule has 0 aliphatic rings. The maximum atomic E-state index is 10.9. The van der Waals surface area contributed by atoms with Gasteiger partial charge in [-0.3, -0.25) is 4.79 Å². The predicted octanol–water partition coefficient (Wildman–Crippen LogP) is 0.132. The van der Waals surface area contributed by atoms with Gasteiger partial charge in [0.25, 0.3) is 0 Å². The van der Waals surface area contributed by atoms with E-state index in [0.29, 0.717) is 12.8 Å². The standard InChI is InChI=1S/C8H14O3/c1-3-5-6(8(10)11)7(9)4-2/h6H,3-5H2,1-2H3,(H,10,11)/p-1. The summed E-state index contributed by atoms with van der Waals surface area (Å²) in [5, 5.41) is 10.4. The van der Waals surface area contributed by atoms with Crippen LogP contribution in [0.1, 0.15) is 33.1 Å². The van der Waals surface area contributed by atoms with E-state index >= 15 is 0 Å². The summed E-state index contributed by atoms with van der Waals surface area (Å²) in [6.45, 7) is 3.51. The van der Waals surface area contributed by atoms with Gasteiger partial charge in [0.2, 0.25) is 0 Å². The number of rotatable bonds is 5. The normalized spacial score (nSPS) is 12.5. The molecule has 1 unspecified atom stereocenters. The Kier molecular flexibility index (Phi) is 4.50. The van der Waals surface area contributed by atoms with Gasteiger partial charge in [0.1, 0.15) is 5.78 Å². The van der Waals surface area contributed by atoms with E-state index in [0.717, 1.165) is 0 Å². The average molecular weight is 157 g/mol. The van der Waals surface area contributed by atoms with Crippen molar-refractivity contribution in [2.75, 3.05) is 0 Å². The van der Waals surface area contributed by atoms with Crippen molar-refractivity contribution in [1.82, 2.24) is 0 Å². The molecule has 3 heteroatoms. The fraction of sp³-hybridized carbons (Fsp3) is 0.750. The Balaban J connectivity index is 4.09. The number of aliphatic carboxylic acids is 1. The van der Waals surface area contributed by atoms with Crippen molar-refractivity contribution < 1.29 is 14.7 Å². The molecule has 1 atom stereocenters. The smallest absolute Gasteiger partial charge is 0.141 e. The van der Waals surface area contributed by atoms with E-state index in [1.165, 1.54) is 0 Å². The first-order chi connectivity index (χ1) is 5.13. The highest BCUT2D eigenvalue weighted by atomic mass is 16.4. The second-order valence-corrected chi connectivity index (χ2v) is 2.48. The first kappa shape index (κ1) is 10.1. The van der Waals surface area contributed by atoms with Crippen LogP contribution in [0, 0.1) is 5.92 Å². The lowest BCUT2D eigenvalue weighted by Gasteiger charge is -2.14. The van der Waals surface area contributed by atoms with Gasteiger partial charge in [-0.25, -0.2) is 0 Å². The van der Waals surface area contributed by atoms with Crippen molar-refractivity contribution >= 4 is 11.8 Å². The van der Waals surface area contributed by atoms with Crippen molar-refractivity contribution in [2.45, 2.75) is 33.1 Å². The maximum Gasteiger partial charge on any atom is 0.141 e. The van der Waals surface area contributed by atoms with Crippen molar-refractivity contribution in [3.63, 3.8) is 0 Å². The number of hydrogen-bond donors (Lipinski definition) is 0. The van der Waals surface area contributed by atoms with Crippen LogP contribution in [0.2, 0.25) is 0 Å². The molecule has 0 bridgehead atoms. The maximum absolute atomic E-state index is 10.9. The highest BCUT2D eigenvalue weighted by molar-refractivity contribution is 5.97. The van der Waals surface area contributed by atoms with E-state index in [9.17, 15) is 14.7 Å². The monoisotopic (exact) mass is 157 g/mol. The fourth-order valence-corrected chi connectivity index (χ4v) is 0.945. The van der Waals surface area contributed by atoms with Gasteiger partial charge in [0.05, 0.1) is 11.9 Å². The van der Waals surface area contributed by atoms with Gasteiger partial charge in [0, 0.05) is 6.42 Å². The number of carbonyl (C=O) groups is 2. The highest BCUT2D eigenvalue weighted by Crippen LogP contribution is 2.08. The summed E-state index contributed by atoms with van der Waals surface area (Å²) >= 11 is 0. The van der Waals surface area contributed by atoms with Crippen LogP contribution in [-0.4, -0.2) is 11.8 Å². The zero-order valence-electron chi connectivity index (χ0n) is 6.92. The van der Waals surface area contributed by atoms with Crippen LogP contribution in [0.3, 0.4) is 0 Å². The summed E-state index contributed by atoms with van der Waals surface area (Å²) in [5.74, 6) is -2.35. The van der Waals surface area contributed by atoms with E-state index in [1.807, 2.05) is 6.92 Å². The molecule has 0 aliphatic heterocycles. The van der Waals surface area contributed by atoms with Gasteiger partial charge in [-0.05, 0) is 6.42 Å². The molecule has 3 nitrogen and oxygen atoms in total. The van der Waals surface area contributed by atoms with Crippen LogP contribution in [0.4, 0.5) is 0 Å². The quantitative estimate of drug-likeness (QED) is 0.533. The molecule has 0 aromatic carbocycles. The van der Waals surface area contributed by atoms with Crippen molar-refractivity contribution in [1.29, 1.82) is 0 Å². The van der Waals surface area contributed by atoms with Crippen LogP contribution in [0.15, 0.2) is 0 Å². The van der Waals surface area contributed by atoms with Crippen LogP contribution in [0.25, 0.3) is 0 Å². The molecule has 0 aromatic heterocycles. The van der Waals surface area contributed by atoms with Crippen LogP contribution in [0.5, 0.6) is 0 Å². The molecule has 0 saturated heterocycles. The van der Waals surface area contributed by atoms with E-state index in [2.05, 4.69) is 0 Å². The topological polar surface area (TPSA) is 57.2 Å². The minimum atomic E-state index is -1.24. The van der Waals surface area contributed by atoms with Crippen LogP contribution in [-0.2, 0) is 9.59 Å². The molecule has 11 heavy (non-hydrogen) atoms. The zero-order chi connectivity index (χ0) is 8.85. The number of ketones is 1. The third-order valence-corrected chi connectivity index (χ3v) is 1.60. The summed E-state index contributed by atoms with van der Waals surface area (Å²) in [5.41, 5.74) is 0. The molecular weight excluding hydrogens is 144 g/mol. The lowest BCUT2D eigenvalue weighted by atomic mass is 9.97. The van der Waals surface area contributed by atoms with Crippen molar-refractivity contribution in [3.8, 4) is 0 Å². The van der Waals surface area contributed by atoms with E-state index < -0.39 is 11.9 Å². The summed E-state index contributed by atoms with van der Waals surface area (Å²) in [6, 6.07) is 0. The molecule has 64 valence electrons. The summed E-state index contributed by atoms with van der Waals surface area (Å²) in [7, 11) is 0. The third-order valence-electron chi connectivity index (χ3n) is 1.60. The van der Waals surface area contributed by atoms with E-state index in [4.69, 9.17) is 0 Å². The largest absolute Gasteiger partial charge is 0.549 e. The molecule has 0 spiro atoms. The predicted molar refractivity (Wildman–Crippen MR) is 38.7 cm³/mol. The number of hydrogen-bond acceptors (Lipinski definition) is 3. The molecule has 0 N–H and O–H groups in total. The lowest BCUT2D eigenvalue weighted by molar-refractivity contribution is -0.310. The molecule has 0 rings (SSSR count). The second kappa shape index (κ2) is 4.88. The Labute approximate surface area is 66.4 Å². The fourth-order valence-electron chi connectivity index (χ4n) is 0.945. The molecule has 0 heterocycles. The molecule has 0 aliphatic carbocycles. The van der Waals surface area contributed by atoms with Gasteiger partial charge >= 0.3 is 0 Å². The average Bonchev–Trinajstić information content (AvgIpc) is 1.98. The Morgan fingerprint density at radius 3 is 2.18 bits per heavy atom. The Morgan fingerprint density at radius 1 is 1.36 bits per heavy atom. The first-order valence-corrected chi connectivity index (χ1v) is 3.87. The molecule has 0 radical (unpaired) electrons. The number of carbonyl (C=O) groups excluding carboxylic acids is 2. The van der Waals surface area contributed by atoms with Gasteiger partial charge in [-0.1, -0.05) is 20.3 Å². The van der Waals surface area contributed by atoms with Crippen LogP contribution >= 0.6 is 0 Å². The zero-order valence-corrected chi connectivity index (χ0v) is 6.92. The number of carboxylic acids is 1. The summed E-state index contributed by atoms with van der Waals surface area (Å²) < 4.78 is 0.